The van der Waals surface area contributed by atoms with Gasteiger partial charge in [0, 0.05) is 28.1 Å². The molecule has 4 aromatic rings. The number of ether oxygens (including phenoxy) is 2. The lowest BCUT2D eigenvalue weighted by Crippen LogP contribution is -2.23. The minimum atomic E-state index is -0.186. The first-order valence-electron chi connectivity index (χ1n) is 9.95. The fourth-order valence-corrected chi connectivity index (χ4v) is 3.63. The van der Waals surface area contributed by atoms with Gasteiger partial charge in [-0.05, 0) is 41.3 Å². The van der Waals surface area contributed by atoms with Crippen molar-refractivity contribution >= 4 is 28.3 Å². The Hall–Kier alpha value is -3.50. The number of carbonyl (C=O) groups excluding carboxylic acids is 1. The number of carbonyl (C=O) groups is 1. The minimum Gasteiger partial charge on any atom is -0.496 e. The van der Waals surface area contributed by atoms with Crippen LogP contribution in [0.2, 0.25) is 5.02 Å². The number of hydrogen-bond acceptors (Lipinski definition) is 3. The van der Waals surface area contributed by atoms with Crippen LogP contribution >= 0.6 is 11.6 Å². The molecule has 4 aromatic carbocycles. The molecule has 4 rings (SSSR count). The average molecular weight is 432 g/mol. The lowest BCUT2D eigenvalue weighted by Gasteiger charge is -2.14. The third kappa shape index (κ3) is 4.81. The predicted molar refractivity (Wildman–Crippen MR) is 124 cm³/mol. The number of rotatable bonds is 7. The van der Waals surface area contributed by atoms with Crippen molar-refractivity contribution in [3.05, 3.63) is 107 Å². The normalized spacial score (nSPS) is 10.6. The number of amides is 1. The van der Waals surface area contributed by atoms with E-state index >= 15 is 0 Å². The van der Waals surface area contributed by atoms with E-state index < -0.39 is 0 Å². The van der Waals surface area contributed by atoms with Gasteiger partial charge in [0.05, 0.1) is 7.11 Å². The standard InChI is InChI=1S/C26H22ClNO3/c1-30-24-14-13-19(26(29)28-16-20-8-3-5-11-23(20)27)15-21(24)17-31-25-12-6-9-18-7-2-4-10-22(18)25/h2-15H,16-17H2,1H3,(H,28,29). The highest BCUT2D eigenvalue weighted by Crippen LogP contribution is 2.28. The second-order valence-electron chi connectivity index (χ2n) is 7.07. The molecule has 0 aromatic heterocycles. The van der Waals surface area contributed by atoms with Crippen molar-refractivity contribution in [3.63, 3.8) is 0 Å². The third-order valence-electron chi connectivity index (χ3n) is 5.07. The molecule has 0 bridgehead atoms. The molecule has 0 saturated carbocycles. The molecule has 1 N–H and O–H groups in total. The van der Waals surface area contributed by atoms with Gasteiger partial charge in [-0.25, -0.2) is 0 Å². The van der Waals surface area contributed by atoms with Gasteiger partial charge in [-0.3, -0.25) is 4.79 Å². The van der Waals surface area contributed by atoms with Gasteiger partial charge >= 0.3 is 0 Å². The Kier molecular flexibility index (Phi) is 6.39. The summed E-state index contributed by atoms with van der Waals surface area (Å²) in [5.41, 5.74) is 2.19. The summed E-state index contributed by atoms with van der Waals surface area (Å²) in [7, 11) is 1.61. The van der Waals surface area contributed by atoms with E-state index in [-0.39, 0.29) is 12.5 Å². The third-order valence-corrected chi connectivity index (χ3v) is 5.44. The van der Waals surface area contributed by atoms with Gasteiger partial charge < -0.3 is 14.8 Å². The molecule has 1 amide bonds. The zero-order chi connectivity index (χ0) is 21.6. The van der Waals surface area contributed by atoms with E-state index in [0.717, 1.165) is 27.6 Å². The fraction of sp³-hybridized carbons (Fsp3) is 0.115. The number of hydrogen-bond donors (Lipinski definition) is 1. The van der Waals surface area contributed by atoms with Crippen LogP contribution in [0.3, 0.4) is 0 Å². The second kappa shape index (κ2) is 9.54. The number of benzene rings is 4. The van der Waals surface area contributed by atoms with Crippen LogP contribution in [-0.2, 0) is 13.2 Å². The van der Waals surface area contributed by atoms with Gasteiger partial charge in [0.25, 0.3) is 5.91 Å². The van der Waals surface area contributed by atoms with E-state index in [1.807, 2.05) is 60.7 Å². The van der Waals surface area contributed by atoms with Gasteiger partial charge in [0.15, 0.2) is 0 Å². The molecular weight excluding hydrogens is 410 g/mol. The molecule has 4 nitrogen and oxygen atoms in total. The lowest BCUT2D eigenvalue weighted by molar-refractivity contribution is 0.0950. The average Bonchev–Trinajstić information content (AvgIpc) is 2.81. The summed E-state index contributed by atoms with van der Waals surface area (Å²) in [6.45, 7) is 0.634. The summed E-state index contributed by atoms with van der Waals surface area (Å²) in [6.07, 6.45) is 0. The molecule has 0 radical (unpaired) electrons. The summed E-state index contributed by atoms with van der Waals surface area (Å²) in [4.78, 5) is 12.7. The largest absolute Gasteiger partial charge is 0.496 e. The Morgan fingerprint density at radius 2 is 1.65 bits per heavy atom. The maximum atomic E-state index is 12.7. The molecule has 31 heavy (non-hydrogen) atoms. The first-order chi connectivity index (χ1) is 15.2. The van der Waals surface area contributed by atoms with Crippen molar-refractivity contribution in [2.75, 3.05) is 7.11 Å². The van der Waals surface area contributed by atoms with E-state index in [1.54, 1.807) is 31.4 Å². The number of methoxy groups -OCH3 is 1. The van der Waals surface area contributed by atoms with Crippen LogP contribution in [0.1, 0.15) is 21.5 Å². The molecule has 0 saturated heterocycles. The smallest absolute Gasteiger partial charge is 0.251 e. The topological polar surface area (TPSA) is 47.6 Å². The highest BCUT2D eigenvalue weighted by molar-refractivity contribution is 6.31. The Morgan fingerprint density at radius 1 is 0.871 bits per heavy atom. The molecule has 0 aliphatic carbocycles. The summed E-state index contributed by atoms with van der Waals surface area (Å²) in [6, 6.07) is 26.8. The summed E-state index contributed by atoms with van der Waals surface area (Å²) in [5.74, 6) is 1.27. The van der Waals surface area contributed by atoms with Crippen LogP contribution in [0.4, 0.5) is 0 Å². The Morgan fingerprint density at radius 3 is 2.48 bits per heavy atom. The zero-order valence-corrected chi connectivity index (χ0v) is 17.9. The van der Waals surface area contributed by atoms with Crippen LogP contribution in [0.15, 0.2) is 84.9 Å². The molecule has 0 atom stereocenters. The quantitative estimate of drug-likeness (QED) is 0.389. The maximum absolute atomic E-state index is 12.7. The zero-order valence-electron chi connectivity index (χ0n) is 17.1. The SMILES string of the molecule is COc1ccc(C(=O)NCc2ccccc2Cl)cc1COc1cccc2ccccc12. The molecule has 0 fully saturated rings. The summed E-state index contributed by atoms with van der Waals surface area (Å²) >= 11 is 6.18. The maximum Gasteiger partial charge on any atom is 0.251 e. The molecular formula is C26H22ClNO3. The Bertz CT molecular complexity index is 1220. The molecule has 0 aliphatic heterocycles. The van der Waals surface area contributed by atoms with Crippen LogP contribution in [-0.4, -0.2) is 13.0 Å². The van der Waals surface area contributed by atoms with Crippen LogP contribution in [0.25, 0.3) is 10.8 Å². The highest BCUT2D eigenvalue weighted by Gasteiger charge is 2.12. The van der Waals surface area contributed by atoms with E-state index in [1.165, 1.54) is 0 Å². The first-order valence-corrected chi connectivity index (χ1v) is 10.3. The first kappa shape index (κ1) is 20.8. The number of fused-ring (bicyclic) bond motifs is 1. The fourth-order valence-electron chi connectivity index (χ4n) is 3.43. The monoisotopic (exact) mass is 431 g/mol. The van der Waals surface area contributed by atoms with Crippen molar-refractivity contribution in [2.45, 2.75) is 13.2 Å². The van der Waals surface area contributed by atoms with Crippen molar-refractivity contribution in [1.29, 1.82) is 0 Å². The van der Waals surface area contributed by atoms with Gasteiger partial charge in [-0.15, -0.1) is 0 Å². The molecule has 0 unspecified atom stereocenters. The molecule has 0 heterocycles. The van der Waals surface area contributed by atoms with Crippen LogP contribution in [0.5, 0.6) is 11.5 Å². The van der Waals surface area contributed by atoms with Gasteiger partial charge in [-0.2, -0.15) is 0 Å². The highest BCUT2D eigenvalue weighted by atomic mass is 35.5. The van der Waals surface area contributed by atoms with Crippen molar-refractivity contribution in [1.82, 2.24) is 5.32 Å². The second-order valence-corrected chi connectivity index (χ2v) is 7.47. The minimum absolute atomic E-state index is 0.186. The van der Waals surface area contributed by atoms with Crippen molar-refractivity contribution < 1.29 is 14.3 Å². The van der Waals surface area contributed by atoms with Gasteiger partial charge in [0.2, 0.25) is 0 Å². The van der Waals surface area contributed by atoms with Crippen LogP contribution < -0.4 is 14.8 Å². The van der Waals surface area contributed by atoms with Crippen molar-refractivity contribution in [3.8, 4) is 11.5 Å². The number of halogens is 1. The predicted octanol–water partition coefficient (Wildman–Crippen LogP) is 6.01. The summed E-state index contributed by atoms with van der Waals surface area (Å²) in [5, 5.41) is 5.69. The van der Waals surface area contributed by atoms with E-state index in [2.05, 4.69) is 5.32 Å². The van der Waals surface area contributed by atoms with Crippen LogP contribution in [0, 0.1) is 0 Å². The lowest BCUT2D eigenvalue weighted by atomic mass is 10.1. The van der Waals surface area contributed by atoms with E-state index in [9.17, 15) is 4.79 Å². The molecule has 0 aliphatic rings. The van der Waals surface area contributed by atoms with Crippen molar-refractivity contribution in [2.24, 2.45) is 0 Å². The van der Waals surface area contributed by atoms with E-state index in [4.69, 9.17) is 21.1 Å². The molecule has 5 heteroatoms. The van der Waals surface area contributed by atoms with E-state index in [0.29, 0.717) is 22.9 Å². The Labute approximate surface area is 186 Å². The summed E-state index contributed by atoms with van der Waals surface area (Å²) < 4.78 is 11.6. The Balaban J connectivity index is 1.50. The molecule has 0 spiro atoms. The number of nitrogens with one attached hydrogen (secondary N) is 1. The van der Waals surface area contributed by atoms with Gasteiger partial charge in [-0.1, -0.05) is 66.2 Å². The molecule has 156 valence electrons. The van der Waals surface area contributed by atoms with Gasteiger partial charge in [0.1, 0.15) is 18.1 Å².